The fourth-order valence-corrected chi connectivity index (χ4v) is 1.90. The number of aromatic nitrogens is 2. The maximum atomic E-state index is 11.3. The molecule has 0 unspecified atom stereocenters. The van der Waals surface area contributed by atoms with Crippen molar-refractivity contribution < 1.29 is 18.8 Å². The van der Waals surface area contributed by atoms with Crippen molar-refractivity contribution in [2.24, 2.45) is 0 Å². The van der Waals surface area contributed by atoms with Crippen molar-refractivity contribution in [1.29, 1.82) is 0 Å². The first-order valence-corrected chi connectivity index (χ1v) is 6.70. The van der Waals surface area contributed by atoms with E-state index in [4.69, 9.17) is 14.0 Å². The molecule has 21 heavy (non-hydrogen) atoms. The van der Waals surface area contributed by atoms with Crippen molar-refractivity contribution in [3.63, 3.8) is 0 Å². The molecule has 112 valence electrons. The Morgan fingerprint density at radius 2 is 2.00 bits per heavy atom. The summed E-state index contributed by atoms with van der Waals surface area (Å²) in [6, 6.07) is 5.61. The molecule has 0 bridgehead atoms. The SMILES string of the molecule is CCC(=O)Cc1nc(Cc2ccc(OC)c(OC)c2)no1. The molecule has 0 saturated heterocycles. The van der Waals surface area contributed by atoms with Gasteiger partial charge in [0.25, 0.3) is 0 Å². The third kappa shape index (κ3) is 3.81. The quantitative estimate of drug-likeness (QED) is 0.778. The van der Waals surface area contributed by atoms with Crippen molar-refractivity contribution in [3.8, 4) is 11.5 Å². The summed E-state index contributed by atoms with van der Waals surface area (Å²) in [7, 11) is 3.18. The van der Waals surface area contributed by atoms with Crippen LogP contribution in [0.1, 0.15) is 30.6 Å². The number of hydrogen-bond acceptors (Lipinski definition) is 6. The lowest BCUT2D eigenvalue weighted by atomic mass is 10.1. The average molecular weight is 290 g/mol. The second kappa shape index (κ2) is 6.88. The van der Waals surface area contributed by atoms with Gasteiger partial charge in [0.15, 0.2) is 17.3 Å². The predicted molar refractivity (Wildman–Crippen MR) is 75.7 cm³/mol. The highest BCUT2D eigenvalue weighted by molar-refractivity contribution is 5.79. The number of Topliss-reactive ketones (excluding diaryl/α,β-unsaturated/α-hetero) is 1. The molecule has 0 aliphatic rings. The van der Waals surface area contributed by atoms with Gasteiger partial charge in [-0.1, -0.05) is 18.1 Å². The molecule has 1 aromatic heterocycles. The van der Waals surface area contributed by atoms with E-state index in [0.717, 1.165) is 5.56 Å². The van der Waals surface area contributed by atoms with Crippen LogP contribution in [-0.4, -0.2) is 30.1 Å². The van der Waals surface area contributed by atoms with Crippen molar-refractivity contribution in [2.45, 2.75) is 26.2 Å². The van der Waals surface area contributed by atoms with E-state index < -0.39 is 0 Å². The first kappa shape index (κ1) is 15.0. The average Bonchev–Trinajstić information content (AvgIpc) is 2.93. The molecule has 6 nitrogen and oxygen atoms in total. The summed E-state index contributed by atoms with van der Waals surface area (Å²) in [5.74, 6) is 2.30. The first-order valence-electron chi connectivity index (χ1n) is 6.70. The normalized spacial score (nSPS) is 10.4. The topological polar surface area (TPSA) is 74.5 Å². The van der Waals surface area contributed by atoms with Gasteiger partial charge in [0.2, 0.25) is 5.89 Å². The number of carbonyl (C=O) groups excluding carboxylic acids is 1. The van der Waals surface area contributed by atoms with E-state index >= 15 is 0 Å². The highest BCUT2D eigenvalue weighted by Crippen LogP contribution is 2.28. The molecule has 0 saturated carbocycles. The molecule has 0 atom stereocenters. The highest BCUT2D eigenvalue weighted by atomic mass is 16.5. The van der Waals surface area contributed by atoms with Crippen LogP contribution in [0.3, 0.4) is 0 Å². The molecule has 0 fully saturated rings. The van der Waals surface area contributed by atoms with E-state index in [1.54, 1.807) is 14.2 Å². The molecular formula is C15H18N2O4. The van der Waals surface area contributed by atoms with Crippen molar-refractivity contribution in [1.82, 2.24) is 10.1 Å². The fourth-order valence-electron chi connectivity index (χ4n) is 1.90. The maximum Gasteiger partial charge on any atom is 0.234 e. The summed E-state index contributed by atoms with van der Waals surface area (Å²) in [6.45, 7) is 1.81. The molecule has 1 aromatic carbocycles. The third-order valence-electron chi connectivity index (χ3n) is 3.06. The zero-order valence-electron chi connectivity index (χ0n) is 12.4. The van der Waals surface area contributed by atoms with E-state index in [1.807, 2.05) is 25.1 Å². The lowest BCUT2D eigenvalue weighted by Crippen LogP contribution is -2.01. The third-order valence-corrected chi connectivity index (χ3v) is 3.06. The maximum absolute atomic E-state index is 11.3. The van der Waals surface area contributed by atoms with Crippen molar-refractivity contribution in [2.75, 3.05) is 14.2 Å². The molecule has 1 heterocycles. The van der Waals surface area contributed by atoms with Gasteiger partial charge >= 0.3 is 0 Å². The molecule has 2 rings (SSSR count). The highest BCUT2D eigenvalue weighted by Gasteiger charge is 2.12. The lowest BCUT2D eigenvalue weighted by Gasteiger charge is -2.08. The van der Waals surface area contributed by atoms with Gasteiger partial charge < -0.3 is 14.0 Å². The van der Waals surface area contributed by atoms with Crippen molar-refractivity contribution in [3.05, 3.63) is 35.5 Å². The minimum atomic E-state index is 0.0799. The number of ether oxygens (including phenoxy) is 2. The molecule has 0 aliphatic heterocycles. The molecule has 0 amide bonds. The van der Waals surface area contributed by atoms with E-state index in [1.165, 1.54) is 0 Å². The zero-order chi connectivity index (χ0) is 15.2. The van der Waals surface area contributed by atoms with Crippen LogP contribution in [0.5, 0.6) is 11.5 Å². The first-order chi connectivity index (χ1) is 10.2. The number of benzene rings is 1. The minimum absolute atomic E-state index is 0.0799. The Hall–Kier alpha value is -2.37. The largest absolute Gasteiger partial charge is 0.493 e. The standard InChI is InChI=1S/C15H18N2O4/c1-4-11(18)9-15-16-14(17-21-15)8-10-5-6-12(19-2)13(7-10)20-3/h5-7H,4,8-9H2,1-3H3. The van der Waals surface area contributed by atoms with E-state index in [9.17, 15) is 4.79 Å². The second-order valence-electron chi connectivity index (χ2n) is 4.54. The number of hydrogen-bond donors (Lipinski definition) is 0. The van der Waals surface area contributed by atoms with Crippen LogP contribution in [0.4, 0.5) is 0 Å². The van der Waals surface area contributed by atoms with Gasteiger partial charge in [-0.2, -0.15) is 4.98 Å². The van der Waals surface area contributed by atoms with Gasteiger partial charge in [-0.05, 0) is 17.7 Å². The van der Waals surface area contributed by atoms with Crippen LogP contribution in [0.2, 0.25) is 0 Å². The summed E-state index contributed by atoms with van der Waals surface area (Å²) in [6.07, 6.45) is 1.16. The molecule has 0 spiro atoms. The smallest absolute Gasteiger partial charge is 0.234 e. The fraction of sp³-hybridized carbons (Fsp3) is 0.400. The van der Waals surface area contributed by atoms with Crippen LogP contribution in [0.25, 0.3) is 0 Å². The Morgan fingerprint density at radius 3 is 2.67 bits per heavy atom. The second-order valence-corrected chi connectivity index (χ2v) is 4.54. The van der Waals surface area contributed by atoms with Gasteiger partial charge in [0.05, 0.1) is 20.6 Å². The number of ketones is 1. The van der Waals surface area contributed by atoms with Crippen LogP contribution < -0.4 is 9.47 Å². The molecular weight excluding hydrogens is 272 g/mol. The Balaban J connectivity index is 2.09. The summed E-state index contributed by atoms with van der Waals surface area (Å²) < 4.78 is 15.5. The summed E-state index contributed by atoms with van der Waals surface area (Å²) in [5.41, 5.74) is 0.974. The molecule has 2 aromatic rings. The van der Waals surface area contributed by atoms with E-state index in [0.29, 0.717) is 36.1 Å². The summed E-state index contributed by atoms with van der Waals surface area (Å²) in [5, 5.41) is 3.89. The van der Waals surface area contributed by atoms with Gasteiger partial charge in [0, 0.05) is 12.8 Å². The zero-order valence-corrected chi connectivity index (χ0v) is 12.4. The number of methoxy groups -OCH3 is 2. The molecule has 0 N–H and O–H groups in total. The Kier molecular flexibility index (Phi) is 4.92. The Morgan fingerprint density at radius 1 is 1.24 bits per heavy atom. The van der Waals surface area contributed by atoms with Crippen molar-refractivity contribution >= 4 is 5.78 Å². The van der Waals surface area contributed by atoms with Crippen LogP contribution in [0.15, 0.2) is 22.7 Å². The van der Waals surface area contributed by atoms with E-state index in [-0.39, 0.29) is 12.2 Å². The Labute approximate surface area is 123 Å². The monoisotopic (exact) mass is 290 g/mol. The van der Waals surface area contributed by atoms with Gasteiger partial charge in [-0.15, -0.1) is 0 Å². The van der Waals surface area contributed by atoms with Gasteiger partial charge in [-0.25, -0.2) is 0 Å². The van der Waals surface area contributed by atoms with Crippen LogP contribution in [-0.2, 0) is 17.6 Å². The minimum Gasteiger partial charge on any atom is -0.493 e. The van der Waals surface area contributed by atoms with Gasteiger partial charge in [-0.3, -0.25) is 4.79 Å². The number of nitrogens with zero attached hydrogens (tertiary/aromatic N) is 2. The summed E-state index contributed by atoms with van der Waals surface area (Å²) >= 11 is 0. The lowest BCUT2D eigenvalue weighted by molar-refractivity contribution is -0.118. The van der Waals surface area contributed by atoms with Gasteiger partial charge in [0.1, 0.15) is 5.78 Å². The van der Waals surface area contributed by atoms with Crippen LogP contribution >= 0.6 is 0 Å². The molecule has 0 radical (unpaired) electrons. The molecule has 0 aliphatic carbocycles. The summed E-state index contributed by atoms with van der Waals surface area (Å²) in [4.78, 5) is 15.6. The molecule has 6 heteroatoms. The number of rotatable bonds is 7. The van der Waals surface area contributed by atoms with Crippen LogP contribution in [0, 0.1) is 0 Å². The Bertz CT molecular complexity index is 622. The predicted octanol–water partition coefficient (Wildman–Crippen LogP) is 2.20. The van der Waals surface area contributed by atoms with E-state index in [2.05, 4.69) is 10.1 Å². The number of carbonyl (C=O) groups is 1.